The van der Waals surface area contributed by atoms with Gasteiger partial charge in [0.25, 0.3) is 15.7 Å². The van der Waals surface area contributed by atoms with Crippen molar-refractivity contribution in [3.63, 3.8) is 0 Å². The summed E-state index contributed by atoms with van der Waals surface area (Å²) in [4.78, 5) is 31.1. The van der Waals surface area contributed by atoms with E-state index in [9.17, 15) is 31.7 Å². The van der Waals surface area contributed by atoms with Crippen LogP contribution in [0.1, 0.15) is 17.0 Å². The Labute approximate surface area is 213 Å². The molecule has 0 saturated heterocycles. The molecule has 0 unspecified atom stereocenters. The summed E-state index contributed by atoms with van der Waals surface area (Å²) < 4.78 is 53.2. The lowest BCUT2D eigenvalue weighted by Crippen LogP contribution is -2.37. The Hall–Kier alpha value is -4.11. The first kappa shape index (κ1) is 27.5. The minimum Gasteiger partial charge on any atom is -0.325 e. The molecule has 0 aliphatic carbocycles. The summed E-state index contributed by atoms with van der Waals surface area (Å²) in [6.07, 6.45) is 0.880. The van der Waals surface area contributed by atoms with Crippen LogP contribution in [-0.2, 0) is 24.8 Å². The first-order valence-electron chi connectivity index (χ1n) is 10.6. The average molecular weight is 549 g/mol. The van der Waals surface area contributed by atoms with Gasteiger partial charge in [-0.1, -0.05) is 6.07 Å². The smallest absolute Gasteiger partial charge is 0.271 e. The van der Waals surface area contributed by atoms with Crippen molar-refractivity contribution in [2.75, 3.05) is 27.1 Å². The Morgan fingerprint density at radius 3 is 2.11 bits per heavy atom. The average Bonchev–Trinajstić information content (AvgIpc) is 2.76. The molecule has 1 heterocycles. The molecule has 15 heteroatoms. The molecule has 13 nitrogen and oxygen atoms in total. The maximum atomic E-state index is 12.7. The number of carbonyl (C=O) groups excluding carboxylic acids is 1. The minimum atomic E-state index is -4.01. The number of hydrogen-bond acceptors (Lipinski definition) is 9. The van der Waals surface area contributed by atoms with E-state index < -0.39 is 37.4 Å². The predicted molar refractivity (Wildman–Crippen MR) is 137 cm³/mol. The molecule has 3 rings (SSSR count). The van der Waals surface area contributed by atoms with Gasteiger partial charge in [-0.05, 0) is 56.7 Å². The van der Waals surface area contributed by atoms with Crippen LogP contribution in [0.4, 0.5) is 23.0 Å². The molecule has 37 heavy (non-hydrogen) atoms. The second-order valence-corrected chi connectivity index (χ2v) is 11.7. The van der Waals surface area contributed by atoms with Crippen LogP contribution >= 0.6 is 0 Å². The maximum absolute atomic E-state index is 12.7. The zero-order valence-electron chi connectivity index (χ0n) is 20.3. The molecular weight excluding hydrogens is 524 g/mol. The van der Waals surface area contributed by atoms with E-state index in [0.717, 1.165) is 16.6 Å². The van der Waals surface area contributed by atoms with Crippen LogP contribution in [0.5, 0.6) is 0 Å². The molecule has 196 valence electrons. The molecule has 0 aliphatic rings. The summed E-state index contributed by atoms with van der Waals surface area (Å²) in [5.74, 6) is -0.819. The lowest BCUT2D eigenvalue weighted by Gasteiger charge is -2.23. The number of aryl methyl sites for hydroxylation is 3. The number of nitro groups is 1. The third-order valence-corrected chi connectivity index (χ3v) is 7.49. The van der Waals surface area contributed by atoms with Gasteiger partial charge in [0, 0.05) is 29.2 Å². The molecule has 0 fully saturated rings. The number of nitrogens with one attached hydrogen (secondary N) is 2. The maximum Gasteiger partial charge on any atom is 0.271 e. The quantitative estimate of drug-likeness (QED) is 0.300. The fourth-order valence-electron chi connectivity index (χ4n) is 3.36. The van der Waals surface area contributed by atoms with E-state index in [2.05, 4.69) is 20.0 Å². The Bertz CT molecular complexity index is 1550. The minimum absolute atomic E-state index is 0.00651. The van der Waals surface area contributed by atoms with Crippen molar-refractivity contribution in [2.24, 2.45) is 0 Å². The van der Waals surface area contributed by atoms with E-state index in [-0.39, 0.29) is 27.9 Å². The lowest BCUT2D eigenvalue weighted by molar-refractivity contribution is -0.384. The highest BCUT2D eigenvalue weighted by atomic mass is 32.2. The van der Waals surface area contributed by atoms with Gasteiger partial charge >= 0.3 is 0 Å². The molecule has 1 aromatic heterocycles. The number of hydrogen-bond donors (Lipinski definition) is 2. The highest BCUT2D eigenvalue weighted by Crippen LogP contribution is 2.27. The number of sulfonamides is 2. The number of nitro benzene ring substituents is 1. The second-order valence-electron chi connectivity index (χ2n) is 8.15. The fourth-order valence-corrected chi connectivity index (χ4v) is 5.21. The summed E-state index contributed by atoms with van der Waals surface area (Å²) in [5, 5.41) is 13.6. The summed E-state index contributed by atoms with van der Waals surface area (Å²) in [7, 11) is -7.99. The Balaban J connectivity index is 1.77. The fraction of sp³-hybridized carbons (Fsp3) is 0.227. The number of anilines is 3. The number of benzene rings is 2. The van der Waals surface area contributed by atoms with E-state index in [4.69, 9.17) is 0 Å². The number of carbonyl (C=O) groups is 1. The van der Waals surface area contributed by atoms with Gasteiger partial charge in [-0.2, -0.15) is 0 Å². The van der Waals surface area contributed by atoms with Crippen LogP contribution in [0.15, 0.2) is 53.4 Å². The van der Waals surface area contributed by atoms with Gasteiger partial charge in [0.1, 0.15) is 6.54 Å². The van der Waals surface area contributed by atoms with Gasteiger partial charge < -0.3 is 5.32 Å². The van der Waals surface area contributed by atoms with E-state index >= 15 is 0 Å². The summed E-state index contributed by atoms with van der Waals surface area (Å²) in [6.45, 7) is 4.31. The summed E-state index contributed by atoms with van der Waals surface area (Å²) in [6, 6.07) is 10.6. The molecule has 0 radical (unpaired) electrons. The monoisotopic (exact) mass is 548 g/mol. The third-order valence-electron chi connectivity index (χ3n) is 5.02. The molecule has 0 bridgehead atoms. The molecular formula is C22H24N6O7S2. The molecule has 0 aliphatic heterocycles. The van der Waals surface area contributed by atoms with Gasteiger partial charge in [0.15, 0.2) is 0 Å². The number of non-ortho nitro benzene ring substituents is 1. The van der Waals surface area contributed by atoms with Gasteiger partial charge in [-0.3, -0.25) is 19.2 Å². The van der Waals surface area contributed by atoms with Crippen LogP contribution < -0.4 is 14.3 Å². The predicted octanol–water partition coefficient (Wildman–Crippen LogP) is 2.52. The molecule has 0 spiro atoms. The van der Waals surface area contributed by atoms with Crippen LogP contribution in [-0.4, -0.2) is 50.4 Å². The first-order valence-corrected chi connectivity index (χ1v) is 14.0. The molecule has 0 saturated carbocycles. The van der Waals surface area contributed by atoms with E-state index in [1.165, 1.54) is 36.4 Å². The SMILES string of the molecule is Cc1cc(C)nc(NS(=O)(=O)c2ccc(NC(=O)CN(c3cc([N+](=O)[O-])ccc3C)S(C)(=O)=O)cc2)n1. The highest BCUT2D eigenvalue weighted by molar-refractivity contribution is 7.92. The molecule has 2 aromatic carbocycles. The zero-order valence-corrected chi connectivity index (χ0v) is 21.9. The largest absolute Gasteiger partial charge is 0.325 e. The highest BCUT2D eigenvalue weighted by Gasteiger charge is 2.25. The van der Waals surface area contributed by atoms with Gasteiger partial charge in [0.2, 0.25) is 21.9 Å². The van der Waals surface area contributed by atoms with Crippen LogP contribution in [0.25, 0.3) is 0 Å². The molecule has 1 amide bonds. The topological polar surface area (TPSA) is 182 Å². The van der Waals surface area contributed by atoms with Crippen LogP contribution in [0.2, 0.25) is 0 Å². The van der Waals surface area contributed by atoms with E-state index in [1.807, 2.05) is 0 Å². The van der Waals surface area contributed by atoms with Crippen LogP contribution in [0.3, 0.4) is 0 Å². The van der Waals surface area contributed by atoms with E-state index in [1.54, 1.807) is 26.8 Å². The standard InChI is InChI=1S/C22H24N6O7S2/c1-14-5-8-18(28(30)31)12-20(14)27(36(4,32)33)13-21(29)25-17-6-9-19(10-7-17)37(34,35)26-22-23-15(2)11-16(3)24-22/h5-12H,13H2,1-4H3,(H,25,29)(H,23,24,26). The Kier molecular flexibility index (Phi) is 7.78. The van der Waals surface area contributed by atoms with Crippen LogP contribution in [0, 0.1) is 30.9 Å². The van der Waals surface area contributed by atoms with Crippen molar-refractivity contribution >= 4 is 49.0 Å². The Morgan fingerprint density at radius 2 is 1.57 bits per heavy atom. The number of nitrogens with zero attached hydrogens (tertiary/aromatic N) is 4. The number of aromatic nitrogens is 2. The van der Waals surface area contributed by atoms with Crippen molar-refractivity contribution in [2.45, 2.75) is 25.7 Å². The molecule has 3 aromatic rings. The van der Waals surface area contributed by atoms with Gasteiger partial charge in [-0.15, -0.1) is 0 Å². The zero-order chi connectivity index (χ0) is 27.5. The van der Waals surface area contributed by atoms with Gasteiger partial charge in [-0.25, -0.2) is 31.5 Å². The number of rotatable bonds is 9. The van der Waals surface area contributed by atoms with Crippen molar-refractivity contribution in [3.05, 3.63) is 75.6 Å². The van der Waals surface area contributed by atoms with Crippen molar-refractivity contribution in [1.82, 2.24) is 9.97 Å². The first-order chi connectivity index (χ1) is 17.2. The summed E-state index contributed by atoms with van der Waals surface area (Å²) >= 11 is 0. The van der Waals surface area contributed by atoms with Crippen molar-refractivity contribution < 1.29 is 26.6 Å². The lowest BCUT2D eigenvalue weighted by atomic mass is 10.2. The second kappa shape index (κ2) is 10.5. The molecule has 2 N–H and O–H groups in total. The van der Waals surface area contributed by atoms with E-state index in [0.29, 0.717) is 17.0 Å². The summed E-state index contributed by atoms with van der Waals surface area (Å²) in [5.41, 5.74) is 1.46. The third kappa shape index (κ3) is 6.98. The normalized spacial score (nSPS) is 11.6. The van der Waals surface area contributed by atoms with Crippen molar-refractivity contribution in [1.29, 1.82) is 0 Å². The van der Waals surface area contributed by atoms with Gasteiger partial charge in [0.05, 0.1) is 21.8 Å². The number of amides is 1. The Morgan fingerprint density at radius 1 is 0.973 bits per heavy atom. The molecule has 0 atom stereocenters. The van der Waals surface area contributed by atoms with Crippen molar-refractivity contribution in [3.8, 4) is 0 Å².